The fraction of sp³-hybridized carbons (Fsp3) is 0.133. The van der Waals surface area contributed by atoms with Crippen LogP contribution in [-0.4, -0.2) is 30.7 Å². The van der Waals surface area contributed by atoms with Gasteiger partial charge in [0.25, 0.3) is 5.91 Å². The number of nitrogens with two attached hydrogens (primary N) is 1. The van der Waals surface area contributed by atoms with E-state index in [0.717, 1.165) is 23.5 Å². The van der Waals surface area contributed by atoms with E-state index in [9.17, 15) is 17.6 Å². The summed E-state index contributed by atoms with van der Waals surface area (Å²) in [7, 11) is -4.14. The quantitative estimate of drug-likeness (QED) is 0.742. The minimum Gasteiger partial charge on any atom is -0.296 e. The second-order valence-electron chi connectivity index (χ2n) is 5.44. The molecule has 1 aromatic heterocycles. The number of aromatic nitrogens is 2. The molecule has 0 saturated carbocycles. The van der Waals surface area contributed by atoms with Gasteiger partial charge >= 0.3 is 0 Å². The van der Waals surface area contributed by atoms with E-state index >= 15 is 0 Å². The minimum absolute atomic E-state index is 0.0541. The van der Waals surface area contributed by atoms with E-state index < -0.39 is 27.0 Å². The van der Waals surface area contributed by atoms with Crippen molar-refractivity contribution in [2.24, 2.45) is 5.14 Å². The molecule has 142 valence electrons. The van der Waals surface area contributed by atoms with Crippen molar-refractivity contribution in [3.05, 3.63) is 51.0 Å². The number of alkyl halides is 1. The molecule has 0 radical (unpaired) electrons. The molecule has 27 heavy (non-hydrogen) atoms. The van der Waals surface area contributed by atoms with Gasteiger partial charge in [0, 0.05) is 12.0 Å². The highest BCUT2D eigenvalue weighted by Gasteiger charge is 2.21. The third-order valence-electron chi connectivity index (χ3n) is 3.51. The molecule has 1 atom stereocenters. The van der Waals surface area contributed by atoms with Gasteiger partial charge in [0.15, 0.2) is 0 Å². The van der Waals surface area contributed by atoms with Gasteiger partial charge < -0.3 is 0 Å². The molecule has 0 aliphatic heterocycles. The van der Waals surface area contributed by atoms with Crippen LogP contribution in [0.25, 0.3) is 5.57 Å². The van der Waals surface area contributed by atoms with Crippen LogP contribution in [0.4, 0.5) is 9.52 Å². The minimum atomic E-state index is -4.14. The number of nitrogens with one attached hydrogen (secondary N) is 1. The average molecular weight is 449 g/mol. The molecule has 0 fully saturated rings. The van der Waals surface area contributed by atoms with Gasteiger partial charge in [0.1, 0.15) is 16.1 Å². The van der Waals surface area contributed by atoms with Crippen molar-refractivity contribution in [3.63, 3.8) is 0 Å². The Morgan fingerprint density at radius 1 is 1.30 bits per heavy atom. The molecule has 2 aromatic rings. The number of hydrogen-bond acceptors (Lipinski definition) is 6. The number of benzene rings is 1. The van der Waals surface area contributed by atoms with Crippen molar-refractivity contribution in [3.8, 4) is 0 Å². The molecule has 1 aliphatic carbocycles. The first-order valence-corrected chi connectivity index (χ1v) is 10.5. The zero-order chi connectivity index (χ0) is 19.8. The Morgan fingerprint density at radius 2 is 2.04 bits per heavy atom. The van der Waals surface area contributed by atoms with Crippen LogP contribution in [0.5, 0.6) is 0 Å². The predicted molar refractivity (Wildman–Crippen MR) is 102 cm³/mol. The average Bonchev–Trinajstić information content (AvgIpc) is 3.02. The van der Waals surface area contributed by atoms with E-state index in [2.05, 4.69) is 15.5 Å². The van der Waals surface area contributed by atoms with E-state index in [4.69, 9.17) is 28.3 Å². The Hall–Kier alpha value is -1.85. The smallest absolute Gasteiger partial charge is 0.259 e. The summed E-state index contributed by atoms with van der Waals surface area (Å²) in [6.45, 7) is 0. The highest BCUT2D eigenvalue weighted by Crippen LogP contribution is 2.30. The number of hydrogen-bond donors (Lipinski definition) is 2. The topological polar surface area (TPSA) is 115 Å². The van der Waals surface area contributed by atoms with Gasteiger partial charge in [-0.05, 0) is 18.2 Å². The first kappa shape index (κ1) is 19.9. The lowest BCUT2D eigenvalue weighted by atomic mass is 10.1. The largest absolute Gasteiger partial charge is 0.296 e. The molecule has 0 saturated heterocycles. The van der Waals surface area contributed by atoms with E-state index in [1.807, 2.05) is 0 Å². The monoisotopic (exact) mass is 448 g/mol. The number of amides is 1. The van der Waals surface area contributed by atoms with Crippen LogP contribution in [0.2, 0.25) is 10.0 Å². The van der Waals surface area contributed by atoms with Crippen LogP contribution >= 0.6 is 34.5 Å². The summed E-state index contributed by atoms with van der Waals surface area (Å²) in [6, 6.07) is 2.11. The summed E-state index contributed by atoms with van der Waals surface area (Å²) in [5.74, 6) is -0.707. The molecule has 12 heteroatoms. The molecule has 1 unspecified atom stereocenters. The maximum atomic E-state index is 13.1. The van der Waals surface area contributed by atoms with E-state index in [-0.39, 0.29) is 27.2 Å². The van der Waals surface area contributed by atoms with Crippen LogP contribution in [0, 0.1) is 0 Å². The van der Waals surface area contributed by atoms with E-state index in [0.29, 0.717) is 10.6 Å². The van der Waals surface area contributed by atoms with Crippen molar-refractivity contribution < 1.29 is 17.6 Å². The van der Waals surface area contributed by atoms with Crippen molar-refractivity contribution in [2.45, 2.75) is 17.5 Å². The molecule has 1 aromatic carbocycles. The molecule has 1 heterocycles. The van der Waals surface area contributed by atoms with Gasteiger partial charge in [0.2, 0.25) is 15.2 Å². The highest BCUT2D eigenvalue weighted by atomic mass is 35.5. The van der Waals surface area contributed by atoms with Crippen LogP contribution in [0.3, 0.4) is 0 Å². The maximum Gasteiger partial charge on any atom is 0.259 e. The summed E-state index contributed by atoms with van der Waals surface area (Å²) in [5.41, 5.74) is 0.557. The van der Waals surface area contributed by atoms with Crippen LogP contribution < -0.4 is 10.5 Å². The third kappa shape index (κ3) is 4.53. The molecule has 1 amide bonds. The Balaban J connectivity index is 1.84. The van der Waals surface area contributed by atoms with Crippen LogP contribution in [0.15, 0.2) is 35.3 Å². The lowest BCUT2D eigenvalue weighted by Crippen LogP contribution is -2.16. The number of carbonyl (C=O) groups excluding carboxylic acids is 1. The molecule has 3 N–H and O–H groups in total. The number of carbonyl (C=O) groups is 1. The summed E-state index contributed by atoms with van der Waals surface area (Å²) in [5, 5.41) is 15.8. The van der Waals surface area contributed by atoms with Crippen molar-refractivity contribution in [1.29, 1.82) is 0 Å². The Bertz CT molecular complexity index is 1080. The Kier molecular flexibility index (Phi) is 5.63. The summed E-state index contributed by atoms with van der Waals surface area (Å²) in [4.78, 5) is 12.0. The first-order valence-electron chi connectivity index (χ1n) is 7.34. The van der Waals surface area contributed by atoms with Crippen LogP contribution in [-0.2, 0) is 10.0 Å². The van der Waals surface area contributed by atoms with Gasteiger partial charge in [-0.1, -0.05) is 46.7 Å². The Labute approximate surface area is 167 Å². The predicted octanol–water partition coefficient (Wildman–Crippen LogP) is 3.43. The standard InChI is InChI=1S/C15H11Cl2FN4O3S2/c16-10-6-11(17)12(27(19,24)25)5-9(10)13(23)20-15-22-21-14(26-15)7-1-3-8(18)4-2-7/h1-3,5-6,8H,4H2,(H2,19,24,25)(H,20,22,23). The molecule has 7 nitrogen and oxygen atoms in total. The van der Waals surface area contributed by atoms with Gasteiger partial charge in [0.05, 0.1) is 15.6 Å². The zero-order valence-electron chi connectivity index (χ0n) is 13.3. The summed E-state index contributed by atoms with van der Waals surface area (Å²) >= 11 is 12.9. The third-order valence-corrected chi connectivity index (χ3v) is 6.09. The number of allylic oxidation sites excluding steroid dienone is 4. The van der Waals surface area contributed by atoms with E-state index in [1.165, 1.54) is 6.08 Å². The lowest BCUT2D eigenvalue weighted by Gasteiger charge is -2.08. The van der Waals surface area contributed by atoms with Gasteiger partial charge in [-0.3, -0.25) is 10.1 Å². The molecule has 1 aliphatic rings. The van der Waals surface area contributed by atoms with Crippen molar-refractivity contribution in [2.75, 3.05) is 5.32 Å². The van der Waals surface area contributed by atoms with E-state index in [1.54, 1.807) is 12.2 Å². The molecular weight excluding hydrogens is 438 g/mol. The highest BCUT2D eigenvalue weighted by molar-refractivity contribution is 7.89. The number of sulfonamides is 1. The molecule has 3 rings (SSSR count). The maximum absolute atomic E-state index is 13.1. The van der Waals surface area contributed by atoms with Crippen molar-refractivity contribution >= 4 is 61.2 Å². The SMILES string of the molecule is NS(=O)(=O)c1cc(C(=O)Nc2nnc(C3=CCC(F)C=C3)s2)c(Cl)cc1Cl. The number of primary sulfonamides is 1. The molecule has 0 bridgehead atoms. The van der Waals surface area contributed by atoms with Gasteiger partial charge in [-0.25, -0.2) is 17.9 Å². The fourth-order valence-electron chi connectivity index (χ4n) is 2.23. The lowest BCUT2D eigenvalue weighted by molar-refractivity contribution is 0.102. The van der Waals surface area contributed by atoms with Gasteiger partial charge in [-0.2, -0.15) is 0 Å². The molecular formula is C15H11Cl2FN4O3S2. The van der Waals surface area contributed by atoms with Crippen LogP contribution in [0.1, 0.15) is 21.8 Å². The number of anilines is 1. The second-order valence-corrected chi connectivity index (χ2v) is 8.77. The first-order chi connectivity index (χ1) is 12.6. The normalized spacial score (nSPS) is 16.9. The fourth-order valence-corrected chi connectivity index (χ4v) is 4.39. The van der Waals surface area contributed by atoms with Crippen molar-refractivity contribution in [1.82, 2.24) is 10.2 Å². The van der Waals surface area contributed by atoms with Gasteiger partial charge in [-0.15, -0.1) is 10.2 Å². The summed E-state index contributed by atoms with van der Waals surface area (Å²) in [6.07, 6.45) is 3.90. The summed E-state index contributed by atoms with van der Waals surface area (Å²) < 4.78 is 36.2. The number of rotatable bonds is 4. The number of nitrogens with zero attached hydrogens (tertiary/aromatic N) is 2. The molecule has 0 spiro atoms. The zero-order valence-corrected chi connectivity index (χ0v) is 16.5. The number of halogens is 3. The Morgan fingerprint density at radius 3 is 2.67 bits per heavy atom. The second kappa shape index (κ2) is 7.64.